The smallest absolute Gasteiger partial charge is 0.293 e. The zero-order valence-electron chi connectivity index (χ0n) is 10.0. The maximum Gasteiger partial charge on any atom is 0.293 e. The normalized spacial score (nSPS) is 10.4. The van der Waals surface area contributed by atoms with Crippen LogP contribution in [0.2, 0.25) is 0 Å². The van der Waals surface area contributed by atoms with E-state index in [1.807, 2.05) is 28.7 Å². The molecule has 0 saturated carbocycles. The van der Waals surface area contributed by atoms with Crippen molar-refractivity contribution in [3.8, 4) is 0 Å². The van der Waals surface area contributed by atoms with Gasteiger partial charge in [-0.05, 0) is 34.7 Å². The number of anilines is 1. The average molecular weight is 366 g/mol. The van der Waals surface area contributed by atoms with Gasteiger partial charge in [0.2, 0.25) is 0 Å². The van der Waals surface area contributed by atoms with Gasteiger partial charge in [0, 0.05) is 23.2 Å². The summed E-state index contributed by atoms with van der Waals surface area (Å²) in [7, 11) is 1.78. The van der Waals surface area contributed by atoms with Gasteiger partial charge < -0.3 is 14.7 Å². The molecule has 0 spiro atoms. The fourth-order valence-electron chi connectivity index (χ4n) is 1.45. The number of likely N-dealkylation sites (N-methyl/N-ethyl adjacent to an activating group) is 1. The van der Waals surface area contributed by atoms with Crippen molar-refractivity contribution >= 4 is 34.0 Å². The Labute approximate surface area is 119 Å². The van der Waals surface area contributed by atoms with E-state index in [1.165, 1.54) is 0 Å². The molecule has 0 radical (unpaired) electrons. The SMILES string of the molecule is CN(CCOCCO)c1ccc(I)cc1[N+](=O)[O-]. The van der Waals surface area contributed by atoms with Crippen LogP contribution in [0.3, 0.4) is 0 Å². The minimum absolute atomic E-state index is 0.0204. The predicted molar refractivity (Wildman–Crippen MR) is 77.0 cm³/mol. The summed E-state index contributed by atoms with van der Waals surface area (Å²) < 4.78 is 5.96. The van der Waals surface area contributed by atoms with E-state index in [0.29, 0.717) is 18.8 Å². The number of benzene rings is 1. The molecule has 0 amide bonds. The minimum atomic E-state index is -0.386. The van der Waals surface area contributed by atoms with Gasteiger partial charge >= 0.3 is 0 Å². The van der Waals surface area contributed by atoms with Crippen molar-refractivity contribution in [3.05, 3.63) is 31.9 Å². The van der Waals surface area contributed by atoms with Gasteiger partial charge in [0.15, 0.2) is 0 Å². The van der Waals surface area contributed by atoms with Crippen molar-refractivity contribution in [2.45, 2.75) is 0 Å². The largest absolute Gasteiger partial charge is 0.394 e. The molecule has 0 aliphatic heterocycles. The number of halogens is 1. The van der Waals surface area contributed by atoms with Crippen molar-refractivity contribution in [2.75, 3.05) is 38.3 Å². The molecule has 100 valence electrons. The Bertz CT molecular complexity index is 414. The lowest BCUT2D eigenvalue weighted by atomic mass is 10.2. The highest BCUT2D eigenvalue weighted by molar-refractivity contribution is 14.1. The summed E-state index contributed by atoms with van der Waals surface area (Å²) in [4.78, 5) is 12.3. The van der Waals surface area contributed by atoms with Crippen molar-refractivity contribution < 1.29 is 14.8 Å². The average Bonchev–Trinajstić information content (AvgIpc) is 2.34. The van der Waals surface area contributed by atoms with Gasteiger partial charge in [0.05, 0.1) is 24.7 Å². The molecule has 18 heavy (non-hydrogen) atoms. The maximum absolute atomic E-state index is 11.0. The molecule has 0 heterocycles. The Hall–Kier alpha value is -0.930. The molecule has 0 saturated heterocycles. The monoisotopic (exact) mass is 366 g/mol. The second kappa shape index (κ2) is 7.49. The third-order valence-corrected chi connectivity index (χ3v) is 3.02. The lowest BCUT2D eigenvalue weighted by molar-refractivity contribution is -0.384. The van der Waals surface area contributed by atoms with Crippen molar-refractivity contribution in [1.82, 2.24) is 0 Å². The van der Waals surface area contributed by atoms with Gasteiger partial charge in [-0.25, -0.2) is 0 Å². The van der Waals surface area contributed by atoms with Gasteiger partial charge in [0.25, 0.3) is 5.69 Å². The summed E-state index contributed by atoms with van der Waals surface area (Å²) in [6.07, 6.45) is 0. The molecule has 0 aliphatic carbocycles. The predicted octanol–water partition coefficient (Wildman–Crippen LogP) is 1.64. The number of nitro groups is 1. The molecule has 7 heteroatoms. The van der Waals surface area contributed by atoms with Crippen LogP contribution >= 0.6 is 22.6 Å². The Morgan fingerprint density at radius 2 is 2.22 bits per heavy atom. The van der Waals surface area contributed by atoms with E-state index >= 15 is 0 Å². The Kier molecular flexibility index (Phi) is 6.30. The minimum Gasteiger partial charge on any atom is -0.394 e. The number of ether oxygens (including phenoxy) is 1. The van der Waals surface area contributed by atoms with Crippen LogP contribution in [0, 0.1) is 13.7 Å². The van der Waals surface area contributed by atoms with Gasteiger partial charge in [0.1, 0.15) is 5.69 Å². The van der Waals surface area contributed by atoms with Gasteiger partial charge in [-0.15, -0.1) is 0 Å². The molecular weight excluding hydrogens is 351 g/mol. The number of aliphatic hydroxyl groups excluding tert-OH is 1. The molecular formula is C11H15IN2O4. The fourth-order valence-corrected chi connectivity index (χ4v) is 1.93. The number of hydrogen-bond acceptors (Lipinski definition) is 5. The summed E-state index contributed by atoms with van der Waals surface area (Å²) in [6, 6.07) is 5.10. The first-order valence-corrected chi connectivity index (χ1v) is 6.48. The van der Waals surface area contributed by atoms with E-state index in [9.17, 15) is 10.1 Å². The molecule has 0 atom stereocenters. The van der Waals surface area contributed by atoms with Gasteiger partial charge in [-0.2, -0.15) is 0 Å². The lowest BCUT2D eigenvalue weighted by Gasteiger charge is -2.19. The van der Waals surface area contributed by atoms with E-state index < -0.39 is 0 Å². The van der Waals surface area contributed by atoms with Gasteiger partial charge in [-0.3, -0.25) is 10.1 Å². The molecule has 0 aliphatic rings. The molecule has 0 fully saturated rings. The molecule has 1 rings (SSSR count). The van der Waals surface area contributed by atoms with E-state index in [2.05, 4.69) is 0 Å². The standard InChI is InChI=1S/C11H15IN2O4/c1-13(4-6-18-7-5-15)10-3-2-9(12)8-11(10)14(16)17/h2-3,8,15H,4-7H2,1H3. The number of nitrogens with zero attached hydrogens (tertiary/aromatic N) is 2. The van der Waals surface area contributed by atoms with Crippen molar-refractivity contribution in [1.29, 1.82) is 0 Å². The fraction of sp³-hybridized carbons (Fsp3) is 0.455. The van der Waals surface area contributed by atoms with Crippen LogP contribution in [0.1, 0.15) is 0 Å². The number of aliphatic hydroxyl groups is 1. The van der Waals surface area contributed by atoms with E-state index in [0.717, 1.165) is 3.57 Å². The molecule has 1 N–H and O–H groups in total. The first-order valence-electron chi connectivity index (χ1n) is 5.40. The number of nitro benzene ring substituents is 1. The first kappa shape index (κ1) is 15.1. The topological polar surface area (TPSA) is 75.8 Å². The van der Waals surface area contributed by atoms with Crippen LogP contribution in [0.25, 0.3) is 0 Å². The first-order chi connectivity index (χ1) is 8.56. The highest BCUT2D eigenvalue weighted by Crippen LogP contribution is 2.28. The van der Waals surface area contributed by atoms with Crippen molar-refractivity contribution in [2.24, 2.45) is 0 Å². The maximum atomic E-state index is 11.0. The number of hydrogen-bond donors (Lipinski definition) is 1. The van der Waals surface area contributed by atoms with Crippen LogP contribution in [0.5, 0.6) is 0 Å². The van der Waals surface area contributed by atoms with Gasteiger partial charge in [-0.1, -0.05) is 0 Å². The highest BCUT2D eigenvalue weighted by Gasteiger charge is 2.17. The Balaban J connectivity index is 2.72. The van der Waals surface area contributed by atoms with E-state index in [-0.39, 0.29) is 23.8 Å². The summed E-state index contributed by atoms with van der Waals surface area (Å²) in [5, 5.41) is 19.5. The molecule has 0 bridgehead atoms. The summed E-state index contributed by atoms with van der Waals surface area (Å²) >= 11 is 2.04. The quantitative estimate of drug-likeness (QED) is 0.344. The van der Waals surface area contributed by atoms with Crippen LogP contribution in [0.4, 0.5) is 11.4 Å². The summed E-state index contributed by atoms with van der Waals surface area (Å²) in [5.41, 5.74) is 0.652. The van der Waals surface area contributed by atoms with Crippen LogP contribution in [-0.4, -0.2) is 43.4 Å². The molecule has 1 aromatic rings. The summed E-state index contributed by atoms with van der Waals surface area (Å²) in [5.74, 6) is 0. The van der Waals surface area contributed by atoms with Crippen molar-refractivity contribution in [3.63, 3.8) is 0 Å². The summed E-state index contributed by atoms with van der Waals surface area (Å²) in [6.45, 7) is 1.21. The zero-order valence-corrected chi connectivity index (χ0v) is 12.2. The van der Waals surface area contributed by atoms with Crippen LogP contribution in [0.15, 0.2) is 18.2 Å². The Morgan fingerprint density at radius 3 is 2.83 bits per heavy atom. The lowest BCUT2D eigenvalue weighted by Crippen LogP contribution is -2.24. The highest BCUT2D eigenvalue weighted by atomic mass is 127. The molecule has 0 aromatic heterocycles. The third kappa shape index (κ3) is 4.39. The molecule has 0 unspecified atom stereocenters. The van der Waals surface area contributed by atoms with E-state index in [4.69, 9.17) is 9.84 Å². The van der Waals surface area contributed by atoms with Crippen LogP contribution < -0.4 is 4.90 Å². The second-order valence-corrected chi connectivity index (χ2v) is 4.89. The van der Waals surface area contributed by atoms with E-state index in [1.54, 1.807) is 24.1 Å². The third-order valence-electron chi connectivity index (χ3n) is 2.35. The van der Waals surface area contributed by atoms with Crippen LogP contribution in [-0.2, 0) is 4.74 Å². The molecule has 6 nitrogen and oxygen atoms in total. The zero-order chi connectivity index (χ0) is 13.5. The Morgan fingerprint density at radius 1 is 1.50 bits per heavy atom. The number of rotatable bonds is 7. The second-order valence-electron chi connectivity index (χ2n) is 3.65. The molecule has 1 aromatic carbocycles.